The summed E-state index contributed by atoms with van der Waals surface area (Å²) in [6.07, 6.45) is 1.40. The molecule has 0 aliphatic carbocycles. The minimum Gasteiger partial charge on any atom is -0.339 e. The first-order valence-electron chi connectivity index (χ1n) is 5.82. The van der Waals surface area contributed by atoms with Gasteiger partial charge in [-0.15, -0.1) is 0 Å². The first kappa shape index (κ1) is 12.4. The van der Waals surface area contributed by atoms with Gasteiger partial charge in [0.15, 0.2) is 0 Å². The number of nitrogens with zero attached hydrogens (tertiary/aromatic N) is 5. The number of anilines is 2. The summed E-state index contributed by atoms with van der Waals surface area (Å²) in [5.74, 6) is 1.04. The molecule has 0 unspecified atom stereocenters. The van der Waals surface area contributed by atoms with Gasteiger partial charge in [0.05, 0.1) is 11.3 Å². The predicted molar refractivity (Wildman–Crippen MR) is 75.0 cm³/mol. The van der Waals surface area contributed by atoms with Gasteiger partial charge >= 0.3 is 0 Å². The van der Waals surface area contributed by atoms with Gasteiger partial charge in [-0.05, 0) is 19.1 Å². The maximum atomic E-state index is 9.13. The first-order valence-corrected chi connectivity index (χ1v) is 6.20. The third kappa shape index (κ3) is 1.94. The smallest absolute Gasteiger partial charge is 0.255 e. The van der Waals surface area contributed by atoms with Crippen LogP contribution in [0.4, 0.5) is 11.5 Å². The van der Waals surface area contributed by atoms with E-state index in [0.717, 1.165) is 5.56 Å². The van der Waals surface area contributed by atoms with Gasteiger partial charge in [-0.3, -0.25) is 0 Å². The van der Waals surface area contributed by atoms with E-state index in [1.807, 2.05) is 19.1 Å². The highest BCUT2D eigenvalue weighted by molar-refractivity contribution is 6.30. The van der Waals surface area contributed by atoms with Crippen molar-refractivity contribution in [1.82, 2.24) is 19.6 Å². The zero-order valence-electron chi connectivity index (χ0n) is 10.5. The summed E-state index contributed by atoms with van der Waals surface area (Å²) in [6, 6.07) is 9.34. The summed E-state index contributed by atoms with van der Waals surface area (Å²) in [5, 5.41) is 16.8. The van der Waals surface area contributed by atoms with Gasteiger partial charge in [0, 0.05) is 5.56 Å². The third-order valence-electron chi connectivity index (χ3n) is 2.90. The molecule has 0 amide bonds. The normalized spacial score (nSPS) is 10.4. The molecule has 7 heteroatoms. The van der Waals surface area contributed by atoms with Crippen LogP contribution in [-0.4, -0.2) is 19.6 Å². The molecule has 0 saturated heterocycles. The molecule has 0 aliphatic rings. The lowest BCUT2D eigenvalue weighted by molar-refractivity contribution is 0.936. The van der Waals surface area contributed by atoms with Crippen LogP contribution in [0.1, 0.15) is 11.1 Å². The standard InChI is InChI=1S/C13H9ClN6/c1-8-11(14)19-13-16-7-17-20(13)12(8)18-10-5-3-2-4-9(10)6-15/h2-5,7,18H,1H3. The molecule has 1 aromatic carbocycles. The van der Waals surface area contributed by atoms with Gasteiger partial charge in [-0.2, -0.15) is 24.8 Å². The second kappa shape index (κ2) is 4.79. The van der Waals surface area contributed by atoms with Gasteiger partial charge in [0.1, 0.15) is 23.4 Å². The maximum Gasteiger partial charge on any atom is 0.255 e. The van der Waals surface area contributed by atoms with E-state index in [2.05, 4.69) is 26.5 Å². The fourth-order valence-electron chi connectivity index (χ4n) is 1.86. The van der Waals surface area contributed by atoms with E-state index in [1.54, 1.807) is 16.6 Å². The molecule has 98 valence electrons. The second-order valence-corrected chi connectivity index (χ2v) is 4.49. The molecule has 6 nitrogen and oxygen atoms in total. The SMILES string of the molecule is Cc1c(Cl)nc2ncnn2c1Nc1ccccc1C#N. The van der Waals surface area contributed by atoms with Crippen LogP contribution in [0.3, 0.4) is 0 Å². The molecule has 0 spiro atoms. The Kier molecular flexibility index (Phi) is 2.97. The molecule has 3 aromatic rings. The Bertz CT molecular complexity index is 832. The maximum absolute atomic E-state index is 9.13. The largest absolute Gasteiger partial charge is 0.339 e. The number of aromatic nitrogens is 4. The average Bonchev–Trinajstić information content (AvgIpc) is 2.92. The number of halogens is 1. The third-order valence-corrected chi connectivity index (χ3v) is 3.27. The molecule has 0 fully saturated rings. The average molecular weight is 285 g/mol. The number of para-hydroxylation sites is 1. The molecule has 0 atom stereocenters. The van der Waals surface area contributed by atoms with E-state index in [1.165, 1.54) is 6.33 Å². The van der Waals surface area contributed by atoms with Crippen molar-refractivity contribution in [3.05, 3.63) is 46.9 Å². The van der Waals surface area contributed by atoms with Crippen LogP contribution in [0.2, 0.25) is 5.15 Å². The molecule has 0 bridgehead atoms. The predicted octanol–water partition coefficient (Wildman–Crippen LogP) is 2.70. The Labute approximate surface area is 119 Å². The van der Waals surface area contributed by atoms with E-state index < -0.39 is 0 Å². The lowest BCUT2D eigenvalue weighted by Crippen LogP contribution is -2.05. The summed E-state index contributed by atoms with van der Waals surface area (Å²) in [6.45, 7) is 1.83. The molecule has 2 aromatic heterocycles. The van der Waals surface area contributed by atoms with Crippen molar-refractivity contribution in [2.24, 2.45) is 0 Å². The lowest BCUT2D eigenvalue weighted by Gasteiger charge is -2.12. The number of nitrogens with one attached hydrogen (secondary N) is 1. The van der Waals surface area contributed by atoms with Crippen molar-refractivity contribution in [1.29, 1.82) is 5.26 Å². The lowest BCUT2D eigenvalue weighted by atomic mass is 10.2. The van der Waals surface area contributed by atoms with Gasteiger partial charge in [0.25, 0.3) is 5.78 Å². The van der Waals surface area contributed by atoms with Crippen LogP contribution >= 0.6 is 11.6 Å². The van der Waals surface area contributed by atoms with Crippen LogP contribution in [0.15, 0.2) is 30.6 Å². The Morgan fingerprint density at radius 2 is 2.15 bits per heavy atom. The zero-order valence-corrected chi connectivity index (χ0v) is 11.3. The molecule has 3 rings (SSSR count). The fourth-order valence-corrected chi connectivity index (χ4v) is 2.03. The molecule has 0 aliphatic heterocycles. The number of rotatable bonds is 2. The summed E-state index contributed by atoms with van der Waals surface area (Å²) < 4.78 is 1.55. The number of nitriles is 1. The number of hydrogen-bond acceptors (Lipinski definition) is 5. The number of benzene rings is 1. The summed E-state index contributed by atoms with van der Waals surface area (Å²) in [5.41, 5.74) is 1.95. The van der Waals surface area contributed by atoms with Gasteiger partial charge in [-0.25, -0.2) is 0 Å². The van der Waals surface area contributed by atoms with E-state index in [0.29, 0.717) is 28.0 Å². The van der Waals surface area contributed by atoms with Crippen LogP contribution < -0.4 is 5.32 Å². The Balaban J connectivity index is 2.18. The Hall–Kier alpha value is -2.65. The highest BCUT2D eigenvalue weighted by Crippen LogP contribution is 2.26. The molecule has 20 heavy (non-hydrogen) atoms. The minimum absolute atomic E-state index is 0.349. The summed E-state index contributed by atoms with van der Waals surface area (Å²) in [7, 11) is 0. The van der Waals surface area contributed by atoms with E-state index in [4.69, 9.17) is 16.9 Å². The molecular formula is C13H9ClN6. The summed E-state index contributed by atoms with van der Waals surface area (Å²) in [4.78, 5) is 8.15. The number of fused-ring (bicyclic) bond motifs is 1. The highest BCUT2D eigenvalue weighted by atomic mass is 35.5. The van der Waals surface area contributed by atoms with Crippen molar-refractivity contribution in [3.8, 4) is 6.07 Å². The van der Waals surface area contributed by atoms with Crippen LogP contribution in [0, 0.1) is 18.3 Å². The van der Waals surface area contributed by atoms with Crippen LogP contribution in [0.25, 0.3) is 5.78 Å². The van der Waals surface area contributed by atoms with E-state index in [9.17, 15) is 0 Å². The highest BCUT2D eigenvalue weighted by Gasteiger charge is 2.13. The van der Waals surface area contributed by atoms with Crippen molar-refractivity contribution >= 4 is 28.9 Å². The van der Waals surface area contributed by atoms with Gasteiger partial charge in [0.2, 0.25) is 0 Å². The van der Waals surface area contributed by atoms with Gasteiger partial charge < -0.3 is 5.32 Å². The minimum atomic E-state index is 0.349. The molecule has 0 radical (unpaired) electrons. The Morgan fingerprint density at radius 3 is 2.95 bits per heavy atom. The van der Waals surface area contributed by atoms with Gasteiger partial charge in [-0.1, -0.05) is 23.7 Å². The molecule has 0 saturated carbocycles. The summed E-state index contributed by atoms with van der Waals surface area (Å²) >= 11 is 6.09. The molecule has 1 N–H and O–H groups in total. The fraction of sp³-hybridized carbons (Fsp3) is 0.0769. The van der Waals surface area contributed by atoms with Crippen LogP contribution in [0.5, 0.6) is 0 Å². The van der Waals surface area contributed by atoms with Crippen molar-refractivity contribution in [2.75, 3.05) is 5.32 Å². The number of hydrogen-bond donors (Lipinski definition) is 1. The van der Waals surface area contributed by atoms with E-state index >= 15 is 0 Å². The van der Waals surface area contributed by atoms with Crippen molar-refractivity contribution in [2.45, 2.75) is 6.92 Å². The first-order chi connectivity index (χ1) is 9.70. The van der Waals surface area contributed by atoms with Crippen molar-refractivity contribution < 1.29 is 0 Å². The zero-order chi connectivity index (χ0) is 14.1. The Morgan fingerprint density at radius 1 is 1.35 bits per heavy atom. The quantitative estimate of drug-likeness (QED) is 0.732. The van der Waals surface area contributed by atoms with Crippen LogP contribution in [-0.2, 0) is 0 Å². The van der Waals surface area contributed by atoms with Crippen molar-refractivity contribution in [3.63, 3.8) is 0 Å². The second-order valence-electron chi connectivity index (χ2n) is 4.13. The van der Waals surface area contributed by atoms with E-state index in [-0.39, 0.29) is 0 Å². The topological polar surface area (TPSA) is 78.9 Å². The molecule has 2 heterocycles. The monoisotopic (exact) mass is 284 g/mol. The molecular weight excluding hydrogens is 276 g/mol.